The lowest BCUT2D eigenvalue weighted by Crippen LogP contribution is -2.34. The van der Waals surface area contributed by atoms with Gasteiger partial charge in [-0.2, -0.15) is 0 Å². The second-order valence-electron chi connectivity index (χ2n) is 14.8. The van der Waals surface area contributed by atoms with E-state index in [1.165, 1.54) is 22.3 Å². The van der Waals surface area contributed by atoms with Gasteiger partial charge in [0, 0.05) is 60.6 Å². The average molecular weight is 623 g/mol. The van der Waals surface area contributed by atoms with Crippen molar-refractivity contribution in [2.45, 2.75) is 51.4 Å². The van der Waals surface area contributed by atoms with Crippen LogP contribution < -0.4 is 20.7 Å². The largest absolute Gasteiger partial charge is 0.310 e. The van der Waals surface area contributed by atoms with Gasteiger partial charge in [-0.05, 0) is 83.6 Å². The first-order valence-corrected chi connectivity index (χ1v) is 16.9. The molecule has 232 valence electrons. The molecule has 5 aliphatic rings. The normalized spacial score (nSPS) is 17.7. The fraction of sp³-hybridized carbons (Fsp3) is 0.182. The van der Waals surface area contributed by atoms with E-state index in [0.29, 0.717) is 21.5 Å². The third-order valence-corrected chi connectivity index (χ3v) is 11.6. The molecule has 48 heavy (non-hydrogen) atoms. The minimum Gasteiger partial charge on any atom is -0.310 e. The van der Waals surface area contributed by atoms with Gasteiger partial charge < -0.3 is 9.80 Å². The van der Waals surface area contributed by atoms with Crippen molar-refractivity contribution in [2.75, 3.05) is 9.80 Å². The molecule has 0 unspecified atom stereocenters. The highest BCUT2D eigenvalue weighted by molar-refractivity contribution is 6.20. The third-order valence-electron chi connectivity index (χ3n) is 11.6. The minimum atomic E-state index is -0.201. The summed E-state index contributed by atoms with van der Waals surface area (Å²) in [7, 11) is 0. The Hall–Kier alpha value is -5.48. The molecule has 0 atom stereocenters. The zero-order valence-electron chi connectivity index (χ0n) is 27.5. The number of rotatable bonds is 2. The Bertz CT molecular complexity index is 2500. The van der Waals surface area contributed by atoms with E-state index in [4.69, 9.17) is 0 Å². The summed E-state index contributed by atoms with van der Waals surface area (Å²) in [4.78, 5) is 33.5. The standard InChI is InChI=1S/C44H34N2O2/c1-43(2)31-13-5-9-17-35(31)45(36-18-10-6-14-32(36)43)25-21-27-39-28(22-25)42(48)30-24-26(23-29(40(30)39)41(27)47)46-37-19-11-7-15-33(37)44(3,4)34-16-8-12-20-38(34)46/h5-7,9-15,17-24H,8,16H2,1-4H3. The molecule has 0 saturated carbocycles. The first-order chi connectivity index (χ1) is 23.2. The smallest absolute Gasteiger partial charge is 0.194 e. The maximum Gasteiger partial charge on any atom is 0.194 e. The molecule has 0 saturated heterocycles. The highest BCUT2D eigenvalue weighted by Gasteiger charge is 2.40. The van der Waals surface area contributed by atoms with Crippen LogP contribution in [0.5, 0.6) is 0 Å². The maximum absolute atomic E-state index is 14.5. The number of hydrogen-bond acceptors (Lipinski definition) is 4. The Morgan fingerprint density at radius 3 is 1.46 bits per heavy atom. The average Bonchev–Trinajstić information content (AvgIpc) is 3.55. The quantitative estimate of drug-likeness (QED) is 0.192. The van der Waals surface area contributed by atoms with Gasteiger partial charge in [0.15, 0.2) is 10.9 Å². The molecule has 0 aromatic heterocycles. The molecule has 0 spiro atoms. The lowest BCUT2D eigenvalue weighted by atomic mass is 9.70. The summed E-state index contributed by atoms with van der Waals surface area (Å²) < 4.78 is 0. The Balaban J connectivity index is 1.22. The van der Waals surface area contributed by atoms with Crippen molar-refractivity contribution in [3.63, 3.8) is 0 Å². The van der Waals surface area contributed by atoms with Gasteiger partial charge in [-0.15, -0.1) is 0 Å². The molecule has 4 nitrogen and oxygen atoms in total. The van der Waals surface area contributed by atoms with Gasteiger partial charge in [-0.25, -0.2) is 0 Å². The zero-order chi connectivity index (χ0) is 32.7. The Morgan fingerprint density at radius 2 is 0.958 bits per heavy atom. The van der Waals surface area contributed by atoms with Crippen molar-refractivity contribution in [1.29, 1.82) is 0 Å². The molecular formula is C44H34N2O2. The summed E-state index contributed by atoms with van der Waals surface area (Å²) in [6, 6.07) is 33.6. The molecule has 2 heterocycles. The minimum absolute atomic E-state index is 0.0170. The van der Waals surface area contributed by atoms with Gasteiger partial charge in [0.05, 0.1) is 17.1 Å². The Kier molecular flexibility index (Phi) is 5.24. The van der Waals surface area contributed by atoms with Gasteiger partial charge in [0.25, 0.3) is 0 Å². The number of nitrogens with zero attached hydrogens (tertiary/aromatic N) is 2. The van der Waals surface area contributed by atoms with Crippen LogP contribution in [0.3, 0.4) is 0 Å². The molecule has 0 bridgehead atoms. The predicted molar refractivity (Wildman–Crippen MR) is 198 cm³/mol. The van der Waals surface area contributed by atoms with E-state index in [2.05, 4.69) is 122 Å². The molecule has 10 rings (SSSR count). The molecule has 4 heteroatoms. The molecule has 3 aliphatic carbocycles. The van der Waals surface area contributed by atoms with Crippen molar-refractivity contribution in [1.82, 2.24) is 0 Å². The van der Waals surface area contributed by atoms with E-state index in [1.54, 1.807) is 0 Å². The van der Waals surface area contributed by atoms with Gasteiger partial charge in [-0.3, -0.25) is 9.59 Å². The predicted octanol–water partition coefficient (Wildman–Crippen LogP) is 10.3. The van der Waals surface area contributed by atoms with Crippen molar-refractivity contribution < 1.29 is 0 Å². The topological polar surface area (TPSA) is 40.6 Å². The fourth-order valence-electron chi connectivity index (χ4n) is 9.27. The molecular weight excluding hydrogens is 588 g/mol. The van der Waals surface area contributed by atoms with Crippen LogP contribution in [0.4, 0.5) is 28.4 Å². The van der Waals surface area contributed by atoms with Crippen LogP contribution in [-0.4, -0.2) is 0 Å². The monoisotopic (exact) mass is 622 g/mol. The number of hydrogen-bond donors (Lipinski definition) is 0. The summed E-state index contributed by atoms with van der Waals surface area (Å²) in [6.07, 6.45) is 6.45. The molecule has 5 aromatic carbocycles. The van der Waals surface area contributed by atoms with E-state index < -0.39 is 0 Å². The van der Waals surface area contributed by atoms with Gasteiger partial charge in [0.2, 0.25) is 0 Å². The fourth-order valence-corrected chi connectivity index (χ4v) is 9.27. The second-order valence-corrected chi connectivity index (χ2v) is 14.8. The van der Waals surface area contributed by atoms with E-state index in [1.807, 2.05) is 24.3 Å². The SMILES string of the molecule is CC1(C)C2=C(C=CCC2)N(c2cc3c4c(c2)c(=O)c2cc(N5c6ccccc6C(C)(C)c6ccccc65)cc(c2-4)c3=O)c2ccccc21. The molecule has 0 radical (unpaired) electrons. The van der Waals surface area contributed by atoms with Gasteiger partial charge in [0.1, 0.15) is 0 Å². The van der Waals surface area contributed by atoms with Crippen LogP contribution in [0.15, 0.2) is 130 Å². The summed E-state index contributed by atoms with van der Waals surface area (Å²) >= 11 is 0. The molecule has 5 aromatic rings. The van der Waals surface area contributed by atoms with Gasteiger partial charge >= 0.3 is 0 Å². The third kappa shape index (κ3) is 3.30. The molecule has 0 amide bonds. The van der Waals surface area contributed by atoms with Gasteiger partial charge in [-0.1, -0.05) is 88.4 Å². The highest BCUT2D eigenvalue weighted by Crippen LogP contribution is 2.55. The van der Waals surface area contributed by atoms with Crippen LogP contribution in [0, 0.1) is 0 Å². The van der Waals surface area contributed by atoms with Crippen LogP contribution >= 0.6 is 0 Å². The second kappa shape index (κ2) is 9.11. The number of benzene rings is 5. The van der Waals surface area contributed by atoms with Crippen molar-refractivity contribution in [3.05, 3.63) is 158 Å². The Labute approximate surface area is 279 Å². The van der Waals surface area contributed by atoms with Crippen LogP contribution in [0.25, 0.3) is 32.7 Å². The first kappa shape index (κ1) is 27.6. The lowest BCUT2D eigenvalue weighted by molar-refractivity contribution is 0.571. The zero-order valence-corrected chi connectivity index (χ0v) is 27.5. The van der Waals surface area contributed by atoms with Crippen molar-refractivity contribution in [3.8, 4) is 11.1 Å². The number of fused-ring (bicyclic) bond motifs is 3. The van der Waals surface area contributed by atoms with Crippen molar-refractivity contribution in [2.24, 2.45) is 0 Å². The van der Waals surface area contributed by atoms with E-state index in [-0.39, 0.29) is 21.7 Å². The van der Waals surface area contributed by atoms with E-state index in [9.17, 15) is 9.59 Å². The van der Waals surface area contributed by atoms with Crippen LogP contribution in [0.2, 0.25) is 0 Å². The Morgan fingerprint density at radius 1 is 0.542 bits per heavy atom. The molecule has 0 fully saturated rings. The summed E-state index contributed by atoms with van der Waals surface area (Å²) in [5.41, 5.74) is 12.4. The number of allylic oxidation sites excluding steroid dienone is 3. The van der Waals surface area contributed by atoms with E-state index in [0.717, 1.165) is 58.1 Å². The van der Waals surface area contributed by atoms with E-state index >= 15 is 0 Å². The maximum atomic E-state index is 14.5. The first-order valence-electron chi connectivity index (χ1n) is 16.9. The van der Waals surface area contributed by atoms with Crippen LogP contribution in [0.1, 0.15) is 57.2 Å². The van der Waals surface area contributed by atoms with Crippen molar-refractivity contribution >= 4 is 50.0 Å². The lowest BCUT2D eigenvalue weighted by Gasteiger charge is -2.44. The number of para-hydroxylation sites is 3. The summed E-state index contributed by atoms with van der Waals surface area (Å²) in [5, 5.41) is 2.46. The molecule has 2 aliphatic heterocycles. The summed E-state index contributed by atoms with van der Waals surface area (Å²) in [5.74, 6) is 0. The van der Waals surface area contributed by atoms with Crippen LogP contribution in [-0.2, 0) is 10.8 Å². The highest BCUT2D eigenvalue weighted by atomic mass is 16.1. The number of anilines is 5. The summed E-state index contributed by atoms with van der Waals surface area (Å²) in [6.45, 7) is 9.14. The molecule has 0 N–H and O–H groups in total.